The topological polar surface area (TPSA) is 66.7 Å². The molecule has 0 radical (unpaired) electrons. The highest BCUT2D eigenvalue weighted by atomic mass is 16.3. The fraction of sp³-hybridized carbons (Fsp3) is 0.400. The highest BCUT2D eigenvalue weighted by Gasteiger charge is 2.39. The van der Waals surface area contributed by atoms with Crippen molar-refractivity contribution in [3.8, 4) is 11.5 Å². The van der Waals surface area contributed by atoms with Crippen LogP contribution in [0.2, 0.25) is 0 Å². The number of pyridine rings is 1. The predicted molar refractivity (Wildman–Crippen MR) is 119 cm³/mol. The number of aromatic nitrogens is 1. The summed E-state index contributed by atoms with van der Waals surface area (Å²) in [5.41, 5.74) is 2.42. The van der Waals surface area contributed by atoms with Crippen molar-refractivity contribution >= 4 is 22.7 Å². The van der Waals surface area contributed by atoms with Crippen molar-refractivity contribution < 1.29 is 14.0 Å². The third-order valence-corrected chi connectivity index (χ3v) is 7.10. The van der Waals surface area contributed by atoms with Crippen LogP contribution in [-0.2, 0) is 4.79 Å². The van der Waals surface area contributed by atoms with Gasteiger partial charge in [0.2, 0.25) is 5.91 Å². The lowest BCUT2D eigenvalue weighted by Crippen LogP contribution is -2.49. The van der Waals surface area contributed by atoms with Gasteiger partial charge in [-0.15, -0.1) is 0 Å². The third kappa shape index (κ3) is 3.71. The number of amides is 2. The molecule has 0 bridgehead atoms. The van der Waals surface area contributed by atoms with Gasteiger partial charge in [-0.3, -0.25) is 9.59 Å². The second kappa shape index (κ2) is 7.84. The number of hydrogen-bond acceptors (Lipinski definition) is 4. The molecule has 1 aromatic carbocycles. The Kier molecular flexibility index (Phi) is 5.00. The minimum Gasteiger partial charge on any atom is -0.463 e. The summed E-state index contributed by atoms with van der Waals surface area (Å²) in [7, 11) is 0. The van der Waals surface area contributed by atoms with Gasteiger partial charge in [-0.05, 0) is 55.4 Å². The summed E-state index contributed by atoms with van der Waals surface area (Å²) >= 11 is 0. The maximum atomic E-state index is 13.6. The molecular formula is C25H27N3O3. The number of para-hydroxylation sites is 1. The van der Waals surface area contributed by atoms with Gasteiger partial charge in [0.1, 0.15) is 5.69 Å². The number of benzene rings is 1. The number of likely N-dealkylation sites (tertiary alicyclic amines) is 2. The molecule has 6 heteroatoms. The summed E-state index contributed by atoms with van der Waals surface area (Å²) in [6, 6.07) is 13.3. The first-order chi connectivity index (χ1) is 15.0. The maximum Gasteiger partial charge on any atom is 0.254 e. The minimum atomic E-state index is 0.0578. The van der Waals surface area contributed by atoms with E-state index < -0.39 is 0 Å². The maximum absolute atomic E-state index is 13.6. The van der Waals surface area contributed by atoms with Crippen molar-refractivity contribution in [3.63, 3.8) is 0 Å². The Bertz CT molecular complexity index is 1100. The van der Waals surface area contributed by atoms with E-state index in [1.54, 1.807) is 13.2 Å². The molecule has 0 unspecified atom stereocenters. The Balaban J connectivity index is 1.37. The SMILES string of the molecule is CC(=O)N1CCC2(CC1)CCN(C(=O)c1cc(-c3ccco3)nc3ccccc13)CC2. The lowest BCUT2D eigenvalue weighted by atomic mass is 9.71. The van der Waals surface area contributed by atoms with Crippen LogP contribution in [0.1, 0.15) is 43.0 Å². The van der Waals surface area contributed by atoms with Crippen molar-refractivity contribution in [1.29, 1.82) is 0 Å². The van der Waals surface area contributed by atoms with E-state index in [-0.39, 0.29) is 17.2 Å². The molecule has 160 valence electrons. The van der Waals surface area contributed by atoms with E-state index in [1.165, 1.54) is 0 Å². The first-order valence-electron chi connectivity index (χ1n) is 11.0. The third-order valence-electron chi connectivity index (χ3n) is 7.10. The normalized spacial score (nSPS) is 18.5. The van der Waals surface area contributed by atoms with Gasteiger partial charge in [0, 0.05) is 38.5 Å². The van der Waals surface area contributed by atoms with E-state index in [9.17, 15) is 9.59 Å². The van der Waals surface area contributed by atoms with Gasteiger partial charge < -0.3 is 14.2 Å². The Morgan fingerprint density at radius 1 is 0.935 bits per heavy atom. The summed E-state index contributed by atoms with van der Waals surface area (Å²) in [5.74, 6) is 0.886. The predicted octanol–water partition coefficient (Wildman–Crippen LogP) is 4.36. The zero-order valence-corrected chi connectivity index (χ0v) is 17.8. The number of piperidine rings is 2. The Morgan fingerprint density at radius 2 is 1.61 bits per heavy atom. The molecule has 2 aliphatic rings. The van der Waals surface area contributed by atoms with Crippen LogP contribution < -0.4 is 0 Å². The molecule has 2 aromatic heterocycles. The molecule has 3 aromatic rings. The molecule has 31 heavy (non-hydrogen) atoms. The van der Waals surface area contributed by atoms with Gasteiger partial charge in [-0.1, -0.05) is 18.2 Å². The number of rotatable bonds is 2. The smallest absolute Gasteiger partial charge is 0.254 e. The molecule has 2 aliphatic heterocycles. The van der Waals surface area contributed by atoms with E-state index in [0.29, 0.717) is 17.0 Å². The Morgan fingerprint density at radius 3 is 2.26 bits per heavy atom. The molecule has 1 spiro atoms. The number of carbonyl (C=O) groups excluding carboxylic acids is 2. The lowest BCUT2D eigenvalue weighted by molar-refractivity contribution is -0.131. The first kappa shape index (κ1) is 19.8. The second-order valence-corrected chi connectivity index (χ2v) is 8.85. The number of carbonyl (C=O) groups is 2. The van der Waals surface area contributed by atoms with Crippen molar-refractivity contribution in [3.05, 3.63) is 54.3 Å². The molecule has 6 nitrogen and oxygen atoms in total. The van der Waals surface area contributed by atoms with Crippen LogP contribution in [0.15, 0.2) is 53.1 Å². The van der Waals surface area contributed by atoms with E-state index in [0.717, 1.165) is 62.8 Å². The fourth-order valence-corrected chi connectivity index (χ4v) is 5.05. The standard InChI is InChI=1S/C25H27N3O3/c1-18(29)27-12-8-25(9-13-27)10-14-28(15-11-25)24(30)20-17-22(23-7-4-16-31-23)26-21-6-3-2-5-19(20)21/h2-7,16-17H,8-15H2,1H3. The molecule has 0 N–H and O–H groups in total. The minimum absolute atomic E-state index is 0.0578. The van der Waals surface area contributed by atoms with Gasteiger partial charge >= 0.3 is 0 Å². The molecule has 0 atom stereocenters. The average Bonchev–Trinajstić information content (AvgIpc) is 3.34. The highest BCUT2D eigenvalue weighted by molar-refractivity contribution is 6.07. The van der Waals surface area contributed by atoms with Gasteiger partial charge in [-0.25, -0.2) is 4.98 Å². The number of furan rings is 1. The molecule has 5 rings (SSSR count). The Hall–Kier alpha value is -3.15. The average molecular weight is 418 g/mol. The molecule has 0 saturated carbocycles. The van der Waals surface area contributed by atoms with Crippen LogP contribution in [0, 0.1) is 5.41 Å². The molecule has 0 aliphatic carbocycles. The molecule has 2 amide bonds. The summed E-state index contributed by atoms with van der Waals surface area (Å²) in [6.45, 7) is 4.84. The van der Waals surface area contributed by atoms with Crippen LogP contribution in [0.25, 0.3) is 22.4 Å². The first-order valence-corrected chi connectivity index (χ1v) is 11.0. The van der Waals surface area contributed by atoms with Crippen LogP contribution in [0.3, 0.4) is 0 Å². The van der Waals surface area contributed by atoms with E-state index >= 15 is 0 Å². The van der Waals surface area contributed by atoms with E-state index in [4.69, 9.17) is 9.40 Å². The van der Waals surface area contributed by atoms with Crippen LogP contribution in [0.5, 0.6) is 0 Å². The van der Waals surface area contributed by atoms with Crippen LogP contribution in [0.4, 0.5) is 0 Å². The molecule has 4 heterocycles. The summed E-state index contributed by atoms with van der Waals surface area (Å²) < 4.78 is 5.53. The lowest BCUT2D eigenvalue weighted by Gasteiger charge is -2.46. The van der Waals surface area contributed by atoms with Crippen molar-refractivity contribution in [2.24, 2.45) is 5.41 Å². The molecule has 2 saturated heterocycles. The summed E-state index contributed by atoms with van der Waals surface area (Å²) in [6.07, 6.45) is 5.69. The van der Waals surface area contributed by atoms with Crippen LogP contribution in [-0.4, -0.2) is 52.8 Å². The zero-order valence-electron chi connectivity index (χ0n) is 17.8. The van der Waals surface area contributed by atoms with Gasteiger partial charge in [0.25, 0.3) is 5.91 Å². The van der Waals surface area contributed by atoms with E-state index in [1.807, 2.05) is 52.3 Å². The second-order valence-electron chi connectivity index (χ2n) is 8.85. The number of nitrogens with zero attached hydrogens (tertiary/aromatic N) is 3. The van der Waals surface area contributed by atoms with Crippen molar-refractivity contribution in [2.45, 2.75) is 32.6 Å². The zero-order chi connectivity index (χ0) is 21.4. The monoisotopic (exact) mass is 417 g/mol. The number of hydrogen-bond donors (Lipinski definition) is 0. The Labute approximate surface area is 181 Å². The molecular weight excluding hydrogens is 390 g/mol. The van der Waals surface area contributed by atoms with E-state index in [2.05, 4.69) is 0 Å². The van der Waals surface area contributed by atoms with Crippen molar-refractivity contribution in [2.75, 3.05) is 26.2 Å². The highest BCUT2D eigenvalue weighted by Crippen LogP contribution is 2.41. The number of fused-ring (bicyclic) bond motifs is 1. The van der Waals surface area contributed by atoms with Crippen molar-refractivity contribution in [1.82, 2.24) is 14.8 Å². The fourth-order valence-electron chi connectivity index (χ4n) is 5.05. The van der Waals surface area contributed by atoms with Gasteiger partial charge in [0.15, 0.2) is 5.76 Å². The quantitative estimate of drug-likeness (QED) is 0.621. The summed E-state index contributed by atoms with van der Waals surface area (Å²) in [4.78, 5) is 33.8. The largest absolute Gasteiger partial charge is 0.463 e. The summed E-state index contributed by atoms with van der Waals surface area (Å²) in [5, 5.41) is 0.873. The van der Waals surface area contributed by atoms with Gasteiger partial charge in [-0.2, -0.15) is 0 Å². The van der Waals surface area contributed by atoms with Gasteiger partial charge in [0.05, 0.1) is 17.3 Å². The van der Waals surface area contributed by atoms with Crippen LogP contribution >= 0.6 is 0 Å². The molecule has 2 fully saturated rings.